The fourth-order valence-corrected chi connectivity index (χ4v) is 3.93. The van der Waals surface area contributed by atoms with Gasteiger partial charge in [0.15, 0.2) is 0 Å². The Balaban J connectivity index is 1.52. The average Bonchev–Trinajstić information content (AvgIpc) is 3.25. The minimum absolute atomic E-state index is 0.179. The first kappa shape index (κ1) is 12.8. The summed E-state index contributed by atoms with van der Waals surface area (Å²) in [6.45, 7) is 0. The molecule has 2 heteroatoms. The van der Waals surface area contributed by atoms with Gasteiger partial charge in [0.05, 0.1) is 0 Å². The van der Waals surface area contributed by atoms with Gasteiger partial charge in [0.2, 0.25) is 0 Å². The van der Waals surface area contributed by atoms with E-state index in [1.807, 2.05) is 0 Å². The first-order valence-electron chi connectivity index (χ1n) is 7.59. The molecule has 1 nitrogen and oxygen atoms in total. The average molecular weight is 280 g/mol. The zero-order valence-corrected chi connectivity index (χ0v) is 11.8. The topological polar surface area (TPSA) is 17.1 Å². The Morgan fingerprint density at radius 3 is 2.67 bits per heavy atom. The van der Waals surface area contributed by atoms with Crippen LogP contribution < -0.4 is 0 Å². The molecule has 0 aliphatic heterocycles. The summed E-state index contributed by atoms with van der Waals surface area (Å²) in [4.78, 5) is 12.5. The molecule has 106 valence electrons. The van der Waals surface area contributed by atoms with Crippen LogP contribution in [0.1, 0.15) is 29.0 Å². The number of halogens is 1. The lowest BCUT2D eigenvalue weighted by molar-refractivity contribution is -0.120. The van der Waals surface area contributed by atoms with Crippen LogP contribution in [0.5, 0.6) is 0 Å². The van der Waals surface area contributed by atoms with Crippen LogP contribution in [-0.2, 0) is 17.6 Å². The number of benzene rings is 2. The Morgan fingerprint density at radius 2 is 1.86 bits per heavy atom. The van der Waals surface area contributed by atoms with Gasteiger partial charge in [0.25, 0.3) is 0 Å². The highest BCUT2D eigenvalue weighted by Crippen LogP contribution is 2.60. The summed E-state index contributed by atoms with van der Waals surface area (Å²) in [6, 6.07) is 14.8. The lowest BCUT2D eigenvalue weighted by atomic mass is 9.92. The van der Waals surface area contributed by atoms with Crippen LogP contribution >= 0.6 is 0 Å². The zero-order valence-electron chi connectivity index (χ0n) is 11.8. The van der Waals surface area contributed by atoms with Gasteiger partial charge in [-0.15, -0.1) is 0 Å². The van der Waals surface area contributed by atoms with Crippen molar-refractivity contribution in [2.75, 3.05) is 0 Å². The quantitative estimate of drug-likeness (QED) is 0.833. The van der Waals surface area contributed by atoms with Crippen LogP contribution in [0.2, 0.25) is 0 Å². The molecule has 4 rings (SSSR count). The molecule has 0 saturated heterocycles. The standard InChI is InChI=1S/C19H17FO/c20-14-8-5-12(6-9-14)11-17(21)19-16-10-7-13-3-1-2-4-15(13)18(16)19/h1-6,8-9,16,18-19H,7,10-11H2. The van der Waals surface area contributed by atoms with Crippen molar-refractivity contribution in [1.82, 2.24) is 0 Å². The highest BCUT2D eigenvalue weighted by molar-refractivity contribution is 5.88. The van der Waals surface area contributed by atoms with Crippen LogP contribution in [-0.4, -0.2) is 5.78 Å². The number of carbonyl (C=O) groups is 1. The molecule has 3 atom stereocenters. The molecular weight excluding hydrogens is 263 g/mol. The third kappa shape index (κ3) is 2.19. The Bertz CT molecular complexity index is 689. The summed E-state index contributed by atoms with van der Waals surface area (Å²) in [7, 11) is 0. The van der Waals surface area contributed by atoms with Crippen molar-refractivity contribution in [3.8, 4) is 0 Å². The number of Topliss-reactive ketones (excluding diaryl/α,β-unsaturated/α-hetero) is 1. The van der Waals surface area contributed by atoms with Gasteiger partial charge in [-0.3, -0.25) is 4.79 Å². The molecule has 3 unspecified atom stereocenters. The van der Waals surface area contributed by atoms with E-state index in [-0.39, 0.29) is 11.7 Å². The molecule has 1 saturated carbocycles. The Labute approximate surface area is 123 Å². The Kier molecular flexibility index (Phi) is 2.91. The van der Waals surface area contributed by atoms with E-state index in [1.165, 1.54) is 23.3 Å². The van der Waals surface area contributed by atoms with Crippen molar-refractivity contribution in [3.63, 3.8) is 0 Å². The molecule has 0 spiro atoms. The highest BCUT2D eigenvalue weighted by atomic mass is 19.1. The Morgan fingerprint density at radius 1 is 1.10 bits per heavy atom. The van der Waals surface area contributed by atoms with Crippen LogP contribution in [0, 0.1) is 17.7 Å². The van der Waals surface area contributed by atoms with Gasteiger partial charge in [0, 0.05) is 12.3 Å². The molecule has 0 radical (unpaired) electrons. The number of fused-ring (bicyclic) bond motifs is 3. The minimum atomic E-state index is -0.250. The largest absolute Gasteiger partial charge is 0.299 e. The van der Waals surface area contributed by atoms with E-state index in [4.69, 9.17) is 0 Å². The monoisotopic (exact) mass is 280 g/mol. The number of hydrogen-bond donors (Lipinski definition) is 0. The molecule has 21 heavy (non-hydrogen) atoms. The van der Waals surface area contributed by atoms with Gasteiger partial charge >= 0.3 is 0 Å². The molecule has 2 aliphatic carbocycles. The van der Waals surface area contributed by atoms with Gasteiger partial charge in [-0.05, 0) is 53.5 Å². The fraction of sp³-hybridized carbons (Fsp3) is 0.316. The smallest absolute Gasteiger partial charge is 0.141 e. The fourth-order valence-electron chi connectivity index (χ4n) is 3.93. The molecule has 2 aliphatic rings. The molecule has 2 aromatic rings. The number of ketones is 1. The van der Waals surface area contributed by atoms with Crippen molar-refractivity contribution in [3.05, 3.63) is 71.0 Å². The predicted octanol–water partition coefficient (Wildman–Crippen LogP) is 3.91. The normalized spacial score (nSPS) is 25.9. The number of hydrogen-bond acceptors (Lipinski definition) is 1. The zero-order chi connectivity index (χ0) is 14.4. The van der Waals surface area contributed by atoms with Crippen molar-refractivity contribution < 1.29 is 9.18 Å². The maximum absolute atomic E-state index is 12.9. The predicted molar refractivity (Wildman–Crippen MR) is 79.6 cm³/mol. The van der Waals surface area contributed by atoms with Gasteiger partial charge in [-0.1, -0.05) is 36.4 Å². The molecular formula is C19H17FO. The highest BCUT2D eigenvalue weighted by Gasteiger charge is 2.56. The van der Waals surface area contributed by atoms with Crippen molar-refractivity contribution in [2.24, 2.45) is 11.8 Å². The number of carbonyl (C=O) groups excluding carboxylic acids is 1. The van der Waals surface area contributed by atoms with E-state index in [0.717, 1.165) is 18.4 Å². The maximum Gasteiger partial charge on any atom is 0.141 e. The summed E-state index contributed by atoms with van der Waals surface area (Å²) >= 11 is 0. The Hall–Kier alpha value is -1.96. The lowest BCUT2D eigenvalue weighted by Gasteiger charge is -2.13. The third-order valence-corrected chi connectivity index (χ3v) is 4.99. The van der Waals surface area contributed by atoms with E-state index >= 15 is 0 Å². The summed E-state index contributed by atoms with van der Waals surface area (Å²) in [5.74, 6) is 1.21. The van der Waals surface area contributed by atoms with Crippen LogP contribution in [0.4, 0.5) is 4.39 Å². The molecule has 0 amide bonds. The maximum atomic E-state index is 12.9. The van der Waals surface area contributed by atoms with Crippen molar-refractivity contribution >= 4 is 5.78 Å². The van der Waals surface area contributed by atoms with Crippen LogP contribution in [0.3, 0.4) is 0 Å². The van der Waals surface area contributed by atoms with Crippen molar-refractivity contribution in [2.45, 2.75) is 25.2 Å². The van der Waals surface area contributed by atoms with E-state index < -0.39 is 0 Å². The van der Waals surface area contributed by atoms with Gasteiger partial charge in [0.1, 0.15) is 11.6 Å². The first-order valence-corrected chi connectivity index (χ1v) is 7.59. The lowest BCUT2D eigenvalue weighted by Crippen LogP contribution is -2.07. The molecule has 2 aromatic carbocycles. The van der Waals surface area contributed by atoms with E-state index in [1.54, 1.807) is 12.1 Å². The van der Waals surface area contributed by atoms with Crippen LogP contribution in [0.25, 0.3) is 0 Å². The SMILES string of the molecule is O=C(Cc1ccc(F)cc1)C1C2CCc3ccccc3C21. The minimum Gasteiger partial charge on any atom is -0.299 e. The molecule has 0 heterocycles. The molecule has 1 fully saturated rings. The van der Waals surface area contributed by atoms with Gasteiger partial charge < -0.3 is 0 Å². The summed E-state index contributed by atoms with van der Waals surface area (Å²) in [6.07, 6.45) is 2.65. The second kappa shape index (κ2) is 4.80. The number of rotatable bonds is 3. The first-order chi connectivity index (χ1) is 10.2. The molecule has 0 bridgehead atoms. The van der Waals surface area contributed by atoms with Gasteiger partial charge in [-0.25, -0.2) is 4.39 Å². The third-order valence-electron chi connectivity index (χ3n) is 4.99. The van der Waals surface area contributed by atoms with Crippen molar-refractivity contribution in [1.29, 1.82) is 0 Å². The van der Waals surface area contributed by atoms with Gasteiger partial charge in [-0.2, -0.15) is 0 Å². The second-order valence-corrected chi connectivity index (χ2v) is 6.22. The second-order valence-electron chi connectivity index (χ2n) is 6.22. The summed E-state index contributed by atoms with van der Waals surface area (Å²) < 4.78 is 12.9. The molecule has 0 aromatic heterocycles. The van der Waals surface area contributed by atoms with Crippen LogP contribution in [0.15, 0.2) is 48.5 Å². The summed E-state index contributed by atoms with van der Waals surface area (Å²) in [5, 5.41) is 0. The van der Waals surface area contributed by atoms with E-state index in [9.17, 15) is 9.18 Å². The summed E-state index contributed by atoms with van der Waals surface area (Å²) in [5.41, 5.74) is 3.71. The number of aryl methyl sites for hydroxylation is 1. The van der Waals surface area contributed by atoms with E-state index in [0.29, 0.717) is 24.0 Å². The molecule has 0 N–H and O–H groups in total. The van der Waals surface area contributed by atoms with E-state index in [2.05, 4.69) is 24.3 Å².